The average Bonchev–Trinajstić information content (AvgIpc) is 3.06. The van der Waals surface area contributed by atoms with Crippen LogP contribution in [-0.2, 0) is 16.1 Å². The summed E-state index contributed by atoms with van der Waals surface area (Å²) in [6.45, 7) is 2.38. The highest BCUT2D eigenvalue weighted by atomic mass is 35.5. The summed E-state index contributed by atoms with van der Waals surface area (Å²) in [5.41, 5.74) is 0.959. The number of thiophene rings is 1. The van der Waals surface area contributed by atoms with Gasteiger partial charge < -0.3 is 14.8 Å². The van der Waals surface area contributed by atoms with Crippen molar-refractivity contribution in [1.82, 2.24) is 9.97 Å². The summed E-state index contributed by atoms with van der Waals surface area (Å²) in [5, 5.41) is 4.64. The number of methoxy groups -OCH3 is 2. The minimum Gasteiger partial charge on any atom is -0.495 e. The van der Waals surface area contributed by atoms with Gasteiger partial charge in [0.2, 0.25) is 0 Å². The van der Waals surface area contributed by atoms with Crippen molar-refractivity contribution in [3.63, 3.8) is 0 Å². The fourth-order valence-electron chi connectivity index (χ4n) is 2.80. The number of aromatic nitrogens is 2. The number of fused-ring (bicyclic) bond motifs is 1. The van der Waals surface area contributed by atoms with Crippen LogP contribution in [0.15, 0.2) is 24.3 Å². The lowest BCUT2D eigenvalue weighted by Gasteiger charge is -2.14. The molecular formula is C19H19Cl2N3O3S. The summed E-state index contributed by atoms with van der Waals surface area (Å²) in [4.78, 5) is 21.9. The third-order valence-electron chi connectivity index (χ3n) is 4.26. The van der Waals surface area contributed by atoms with Crippen LogP contribution in [0.3, 0.4) is 0 Å². The molecule has 28 heavy (non-hydrogen) atoms. The van der Waals surface area contributed by atoms with Crippen molar-refractivity contribution in [2.24, 2.45) is 0 Å². The van der Waals surface area contributed by atoms with E-state index in [4.69, 9.17) is 32.7 Å². The van der Waals surface area contributed by atoms with Crippen LogP contribution >= 0.6 is 34.5 Å². The predicted octanol–water partition coefficient (Wildman–Crippen LogP) is 5.29. The molecule has 1 N–H and O–H groups in total. The number of carbonyl (C=O) groups excluding carboxylic acids is 1. The first kappa shape index (κ1) is 20.6. The number of anilines is 1. The number of rotatable bonds is 7. The predicted molar refractivity (Wildman–Crippen MR) is 113 cm³/mol. The number of halogens is 2. The Hall–Kier alpha value is -2.09. The van der Waals surface area contributed by atoms with Crippen LogP contribution in [0, 0.1) is 0 Å². The SMILES string of the molecule is CCC(C(=O)OC)c1nc(NCc2ccc(OC)c(Cl)c2)c2cc(Cl)sc2n1. The van der Waals surface area contributed by atoms with Crippen LogP contribution in [0.1, 0.15) is 30.7 Å². The second-order valence-electron chi connectivity index (χ2n) is 6.01. The molecule has 9 heteroatoms. The molecule has 3 aromatic rings. The van der Waals surface area contributed by atoms with Gasteiger partial charge in [-0.15, -0.1) is 11.3 Å². The molecule has 148 valence electrons. The first-order chi connectivity index (χ1) is 13.5. The molecule has 3 rings (SSSR count). The van der Waals surface area contributed by atoms with E-state index in [1.165, 1.54) is 18.4 Å². The lowest BCUT2D eigenvalue weighted by Crippen LogP contribution is -2.17. The van der Waals surface area contributed by atoms with Gasteiger partial charge in [-0.25, -0.2) is 9.97 Å². The molecule has 0 saturated carbocycles. The Morgan fingerprint density at radius 1 is 1.25 bits per heavy atom. The zero-order chi connectivity index (χ0) is 20.3. The van der Waals surface area contributed by atoms with Crippen molar-refractivity contribution >= 4 is 56.5 Å². The van der Waals surface area contributed by atoms with Gasteiger partial charge >= 0.3 is 5.97 Å². The van der Waals surface area contributed by atoms with E-state index in [2.05, 4.69) is 15.3 Å². The van der Waals surface area contributed by atoms with Gasteiger partial charge in [0.1, 0.15) is 28.1 Å². The van der Waals surface area contributed by atoms with Crippen LogP contribution < -0.4 is 10.1 Å². The van der Waals surface area contributed by atoms with Crippen LogP contribution in [0.25, 0.3) is 10.2 Å². The van der Waals surface area contributed by atoms with Crippen LogP contribution in [0.4, 0.5) is 5.82 Å². The topological polar surface area (TPSA) is 73.3 Å². The number of hydrogen-bond acceptors (Lipinski definition) is 7. The van der Waals surface area contributed by atoms with Crippen molar-refractivity contribution in [1.29, 1.82) is 0 Å². The maximum Gasteiger partial charge on any atom is 0.316 e. The number of nitrogens with zero attached hydrogens (tertiary/aromatic N) is 2. The molecule has 1 atom stereocenters. The Kier molecular flexibility index (Phi) is 6.59. The largest absolute Gasteiger partial charge is 0.495 e. The van der Waals surface area contributed by atoms with Gasteiger partial charge in [-0.3, -0.25) is 4.79 Å². The fraction of sp³-hybridized carbons (Fsp3) is 0.316. The summed E-state index contributed by atoms with van der Waals surface area (Å²) in [5.74, 6) is 0.738. The van der Waals surface area contributed by atoms with E-state index in [0.717, 1.165) is 10.9 Å². The molecule has 0 saturated heterocycles. The molecule has 2 aromatic heterocycles. The monoisotopic (exact) mass is 439 g/mol. The molecule has 0 spiro atoms. The standard InChI is InChI=1S/C19H19Cl2N3O3S/c1-4-11(19(25)27-3)17-23-16(12-8-15(21)28-18(12)24-17)22-9-10-5-6-14(26-2)13(20)7-10/h5-8,11H,4,9H2,1-3H3,(H,22,23,24). The molecule has 0 aliphatic rings. The molecule has 0 radical (unpaired) electrons. The average molecular weight is 440 g/mol. The highest BCUT2D eigenvalue weighted by Crippen LogP contribution is 2.34. The highest BCUT2D eigenvalue weighted by Gasteiger charge is 2.24. The van der Waals surface area contributed by atoms with Gasteiger partial charge in [0.15, 0.2) is 0 Å². The molecule has 0 aliphatic heterocycles. The number of ether oxygens (including phenoxy) is 2. The quantitative estimate of drug-likeness (QED) is 0.504. The van der Waals surface area contributed by atoms with Crippen LogP contribution in [0.5, 0.6) is 5.75 Å². The number of hydrogen-bond donors (Lipinski definition) is 1. The minimum absolute atomic E-state index is 0.364. The molecule has 0 bridgehead atoms. The van der Waals surface area contributed by atoms with E-state index in [0.29, 0.717) is 44.5 Å². The first-order valence-corrected chi connectivity index (χ1v) is 10.1. The smallest absolute Gasteiger partial charge is 0.316 e. The maximum atomic E-state index is 12.1. The van der Waals surface area contributed by atoms with Crippen LogP contribution in [-0.4, -0.2) is 30.2 Å². The summed E-state index contributed by atoms with van der Waals surface area (Å²) in [6.07, 6.45) is 0.533. The van der Waals surface area contributed by atoms with E-state index in [-0.39, 0.29) is 5.97 Å². The van der Waals surface area contributed by atoms with E-state index < -0.39 is 5.92 Å². The normalized spacial score (nSPS) is 12.0. The van der Waals surface area contributed by atoms with Gasteiger partial charge in [0.05, 0.1) is 29.0 Å². The third kappa shape index (κ3) is 4.32. The Morgan fingerprint density at radius 2 is 2.04 bits per heavy atom. The van der Waals surface area contributed by atoms with Gasteiger partial charge in [-0.05, 0) is 30.2 Å². The molecule has 0 fully saturated rings. The molecule has 6 nitrogen and oxygen atoms in total. The maximum absolute atomic E-state index is 12.1. The van der Waals surface area contributed by atoms with E-state index in [9.17, 15) is 4.79 Å². The van der Waals surface area contributed by atoms with Crippen molar-refractivity contribution in [3.8, 4) is 5.75 Å². The van der Waals surface area contributed by atoms with Crippen molar-refractivity contribution in [3.05, 3.63) is 45.0 Å². The molecule has 1 aromatic carbocycles. The lowest BCUT2D eigenvalue weighted by molar-refractivity contribution is -0.142. The Morgan fingerprint density at radius 3 is 2.68 bits per heavy atom. The summed E-state index contributed by atoms with van der Waals surface area (Å²) in [6, 6.07) is 7.37. The number of benzene rings is 1. The zero-order valence-corrected chi connectivity index (χ0v) is 17.9. The molecular weight excluding hydrogens is 421 g/mol. The van der Waals surface area contributed by atoms with Crippen molar-refractivity contribution < 1.29 is 14.3 Å². The van der Waals surface area contributed by atoms with Crippen molar-refractivity contribution in [2.75, 3.05) is 19.5 Å². The number of esters is 1. The molecule has 1 unspecified atom stereocenters. The number of carbonyl (C=O) groups is 1. The Balaban J connectivity index is 1.94. The second kappa shape index (κ2) is 8.94. The van der Waals surface area contributed by atoms with Crippen molar-refractivity contribution in [2.45, 2.75) is 25.8 Å². The zero-order valence-electron chi connectivity index (χ0n) is 15.6. The molecule has 0 amide bonds. The van der Waals surface area contributed by atoms with Gasteiger partial charge in [0, 0.05) is 6.54 Å². The summed E-state index contributed by atoms with van der Waals surface area (Å²) < 4.78 is 10.7. The minimum atomic E-state index is -0.536. The van der Waals surface area contributed by atoms with Gasteiger partial charge in [-0.1, -0.05) is 36.2 Å². The third-order valence-corrected chi connectivity index (χ3v) is 5.72. The van der Waals surface area contributed by atoms with E-state index in [1.54, 1.807) is 7.11 Å². The second-order valence-corrected chi connectivity index (χ2v) is 8.08. The van der Waals surface area contributed by atoms with E-state index in [1.807, 2.05) is 31.2 Å². The first-order valence-electron chi connectivity index (χ1n) is 8.57. The van der Waals surface area contributed by atoms with Gasteiger partial charge in [0.25, 0.3) is 0 Å². The Bertz CT molecular complexity index is 1010. The van der Waals surface area contributed by atoms with E-state index >= 15 is 0 Å². The Labute approximate surface area is 176 Å². The van der Waals surface area contributed by atoms with Gasteiger partial charge in [-0.2, -0.15) is 0 Å². The number of nitrogens with one attached hydrogen (secondary N) is 1. The lowest BCUT2D eigenvalue weighted by atomic mass is 10.1. The molecule has 0 aliphatic carbocycles. The summed E-state index contributed by atoms with van der Waals surface area (Å²) in [7, 11) is 2.93. The molecule has 2 heterocycles. The fourth-order valence-corrected chi connectivity index (χ4v) is 4.18. The highest BCUT2D eigenvalue weighted by molar-refractivity contribution is 7.22. The summed E-state index contributed by atoms with van der Waals surface area (Å²) >= 11 is 13.7. The van der Waals surface area contributed by atoms with Crippen LogP contribution in [0.2, 0.25) is 9.36 Å².